The van der Waals surface area contributed by atoms with Crippen LogP contribution in [-0.2, 0) is 6.54 Å². The van der Waals surface area contributed by atoms with E-state index in [4.69, 9.17) is 0 Å². The van der Waals surface area contributed by atoms with Crippen LogP contribution in [0.2, 0.25) is 0 Å². The molecule has 6 heteroatoms. The number of nitrogens with zero attached hydrogens (tertiary/aromatic N) is 2. The number of aryl methyl sites for hydroxylation is 2. The molecule has 0 saturated carbocycles. The Hall–Kier alpha value is -3.51. The van der Waals surface area contributed by atoms with Gasteiger partial charge < -0.3 is 15.5 Å². The SMILES string of the molecule is Cc1ccc(-c2cc(C(=O)NCc3ccc(C)nc3)cc(C(=O)N(C)CC3CCNCC3)c2)cc1. The van der Waals surface area contributed by atoms with E-state index in [-0.39, 0.29) is 11.8 Å². The maximum absolute atomic E-state index is 13.4. The molecule has 1 saturated heterocycles. The molecular weight excluding hydrogens is 436 g/mol. The van der Waals surface area contributed by atoms with Crippen LogP contribution in [0.1, 0.15) is 50.4 Å². The van der Waals surface area contributed by atoms with Crippen molar-refractivity contribution in [1.29, 1.82) is 0 Å². The van der Waals surface area contributed by atoms with Gasteiger partial charge in [0.25, 0.3) is 11.8 Å². The largest absolute Gasteiger partial charge is 0.348 e. The Balaban J connectivity index is 1.58. The van der Waals surface area contributed by atoms with Crippen molar-refractivity contribution < 1.29 is 9.59 Å². The molecule has 1 fully saturated rings. The minimum absolute atomic E-state index is 0.0609. The zero-order valence-corrected chi connectivity index (χ0v) is 20.8. The molecule has 2 amide bonds. The van der Waals surface area contributed by atoms with Gasteiger partial charge >= 0.3 is 0 Å². The summed E-state index contributed by atoms with van der Waals surface area (Å²) in [5.41, 5.74) is 5.85. The Morgan fingerprint density at radius 2 is 1.69 bits per heavy atom. The highest BCUT2D eigenvalue weighted by Crippen LogP contribution is 2.24. The second kappa shape index (κ2) is 11.3. The number of piperidine rings is 1. The first-order chi connectivity index (χ1) is 16.9. The summed E-state index contributed by atoms with van der Waals surface area (Å²) in [6.45, 7) is 7.06. The quantitative estimate of drug-likeness (QED) is 0.538. The average molecular weight is 471 g/mol. The summed E-state index contributed by atoms with van der Waals surface area (Å²) in [5.74, 6) is 0.222. The van der Waals surface area contributed by atoms with E-state index in [1.807, 2.05) is 69.4 Å². The Bertz CT molecular complexity index is 1170. The van der Waals surface area contributed by atoms with Gasteiger partial charge in [-0.1, -0.05) is 35.9 Å². The number of amides is 2. The van der Waals surface area contributed by atoms with E-state index in [1.54, 1.807) is 17.2 Å². The number of benzene rings is 2. The molecule has 4 rings (SSSR count). The zero-order valence-electron chi connectivity index (χ0n) is 20.8. The maximum Gasteiger partial charge on any atom is 0.253 e. The molecule has 0 unspecified atom stereocenters. The van der Waals surface area contributed by atoms with Crippen LogP contribution in [0.4, 0.5) is 0 Å². The van der Waals surface area contributed by atoms with Gasteiger partial charge in [0.05, 0.1) is 0 Å². The van der Waals surface area contributed by atoms with Crippen molar-refractivity contribution in [3.63, 3.8) is 0 Å². The molecule has 1 aliphatic heterocycles. The van der Waals surface area contributed by atoms with Crippen LogP contribution in [0.25, 0.3) is 11.1 Å². The lowest BCUT2D eigenvalue weighted by Crippen LogP contribution is -2.37. The molecule has 0 radical (unpaired) electrons. The normalized spacial score (nSPS) is 13.9. The van der Waals surface area contributed by atoms with Gasteiger partial charge in [-0.2, -0.15) is 0 Å². The van der Waals surface area contributed by atoms with Crippen LogP contribution in [0.5, 0.6) is 0 Å². The van der Waals surface area contributed by atoms with Crippen molar-refractivity contribution in [2.45, 2.75) is 33.2 Å². The molecule has 6 nitrogen and oxygen atoms in total. The van der Waals surface area contributed by atoms with Gasteiger partial charge in [-0.25, -0.2) is 0 Å². The van der Waals surface area contributed by atoms with Gasteiger partial charge in [0.1, 0.15) is 0 Å². The lowest BCUT2D eigenvalue weighted by Gasteiger charge is -2.27. The first-order valence-corrected chi connectivity index (χ1v) is 12.3. The second-order valence-corrected chi connectivity index (χ2v) is 9.53. The summed E-state index contributed by atoms with van der Waals surface area (Å²) in [7, 11) is 1.85. The summed E-state index contributed by atoms with van der Waals surface area (Å²) >= 11 is 0. The average Bonchev–Trinajstić information content (AvgIpc) is 2.88. The smallest absolute Gasteiger partial charge is 0.253 e. The fourth-order valence-corrected chi connectivity index (χ4v) is 4.44. The summed E-state index contributed by atoms with van der Waals surface area (Å²) in [6.07, 6.45) is 3.91. The van der Waals surface area contributed by atoms with Crippen molar-refractivity contribution in [3.05, 3.63) is 88.7 Å². The Morgan fingerprint density at radius 1 is 0.971 bits per heavy atom. The molecular formula is C29H34N4O2. The third kappa shape index (κ3) is 6.55. The summed E-state index contributed by atoms with van der Waals surface area (Å²) < 4.78 is 0. The standard InChI is InChI=1S/C29H34N4O2/c1-20-4-8-24(9-5-20)25-14-26(28(34)32-18-23-7-6-21(2)31-17-23)16-27(15-25)29(35)33(3)19-22-10-12-30-13-11-22/h4-9,14-17,22,30H,10-13,18-19H2,1-3H3,(H,32,34). The van der Waals surface area contributed by atoms with Gasteiger partial charge in [-0.05, 0) is 86.7 Å². The fraction of sp³-hybridized carbons (Fsp3) is 0.345. The minimum atomic E-state index is -0.213. The highest BCUT2D eigenvalue weighted by molar-refractivity contribution is 6.01. The third-order valence-corrected chi connectivity index (χ3v) is 6.59. The Kier molecular flexibility index (Phi) is 7.93. The van der Waals surface area contributed by atoms with E-state index in [1.165, 1.54) is 0 Å². The number of aromatic nitrogens is 1. The van der Waals surface area contributed by atoms with E-state index in [0.717, 1.165) is 60.4 Å². The van der Waals surface area contributed by atoms with Crippen LogP contribution in [0.15, 0.2) is 60.8 Å². The molecule has 0 aliphatic carbocycles. The molecule has 35 heavy (non-hydrogen) atoms. The van der Waals surface area contributed by atoms with Gasteiger partial charge in [0, 0.05) is 43.2 Å². The molecule has 2 aromatic carbocycles. The number of hydrogen-bond acceptors (Lipinski definition) is 4. The van der Waals surface area contributed by atoms with E-state index in [2.05, 4.69) is 15.6 Å². The van der Waals surface area contributed by atoms with E-state index in [9.17, 15) is 9.59 Å². The van der Waals surface area contributed by atoms with Crippen molar-refractivity contribution in [1.82, 2.24) is 20.5 Å². The third-order valence-electron chi connectivity index (χ3n) is 6.59. The molecule has 182 valence electrons. The molecule has 1 aliphatic rings. The maximum atomic E-state index is 13.4. The van der Waals surface area contributed by atoms with Crippen LogP contribution >= 0.6 is 0 Å². The van der Waals surface area contributed by atoms with Gasteiger partial charge in [0.15, 0.2) is 0 Å². The number of carbonyl (C=O) groups is 2. The number of nitrogens with one attached hydrogen (secondary N) is 2. The molecule has 1 aromatic heterocycles. The topological polar surface area (TPSA) is 74.3 Å². The minimum Gasteiger partial charge on any atom is -0.348 e. The summed E-state index contributed by atoms with van der Waals surface area (Å²) in [4.78, 5) is 32.6. The number of hydrogen-bond donors (Lipinski definition) is 2. The van der Waals surface area contributed by atoms with E-state index in [0.29, 0.717) is 23.6 Å². The van der Waals surface area contributed by atoms with Crippen molar-refractivity contribution >= 4 is 11.8 Å². The van der Waals surface area contributed by atoms with Gasteiger partial charge in [-0.15, -0.1) is 0 Å². The molecule has 3 aromatic rings. The van der Waals surface area contributed by atoms with Crippen LogP contribution in [0.3, 0.4) is 0 Å². The number of carbonyl (C=O) groups excluding carboxylic acids is 2. The number of pyridine rings is 1. The van der Waals surface area contributed by atoms with Crippen LogP contribution in [0, 0.1) is 19.8 Å². The predicted molar refractivity (Wildman–Crippen MR) is 139 cm³/mol. The lowest BCUT2D eigenvalue weighted by molar-refractivity contribution is 0.0763. The van der Waals surface area contributed by atoms with Crippen LogP contribution < -0.4 is 10.6 Å². The molecule has 0 spiro atoms. The van der Waals surface area contributed by atoms with E-state index >= 15 is 0 Å². The van der Waals surface area contributed by atoms with Crippen molar-refractivity contribution in [2.24, 2.45) is 5.92 Å². The molecule has 2 heterocycles. The zero-order chi connectivity index (χ0) is 24.8. The van der Waals surface area contributed by atoms with E-state index < -0.39 is 0 Å². The van der Waals surface area contributed by atoms with Crippen LogP contribution in [-0.4, -0.2) is 48.4 Å². The van der Waals surface area contributed by atoms with Gasteiger partial charge in [-0.3, -0.25) is 14.6 Å². The lowest BCUT2D eigenvalue weighted by atomic mass is 9.96. The number of rotatable bonds is 7. The highest BCUT2D eigenvalue weighted by atomic mass is 16.2. The Morgan fingerprint density at radius 3 is 2.37 bits per heavy atom. The summed E-state index contributed by atoms with van der Waals surface area (Å²) in [6, 6.07) is 17.5. The van der Waals surface area contributed by atoms with Crippen molar-refractivity contribution in [2.75, 3.05) is 26.7 Å². The first-order valence-electron chi connectivity index (χ1n) is 12.3. The highest BCUT2D eigenvalue weighted by Gasteiger charge is 2.21. The fourth-order valence-electron chi connectivity index (χ4n) is 4.44. The molecule has 0 bridgehead atoms. The van der Waals surface area contributed by atoms with Crippen molar-refractivity contribution in [3.8, 4) is 11.1 Å². The monoisotopic (exact) mass is 470 g/mol. The molecule has 0 atom stereocenters. The molecule has 2 N–H and O–H groups in total. The predicted octanol–water partition coefficient (Wildman–Crippen LogP) is 4.37. The second-order valence-electron chi connectivity index (χ2n) is 9.53. The summed E-state index contributed by atoms with van der Waals surface area (Å²) in [5, 5.41) is 6.35. The Labute approximate surface area is 207 Å². The van der Waals surface area contributed by atoms with Gasteiger partial charge in [0.2, 0.25) is 0 Å². The first kappa shape index (κ1) is 24.6.